The van der Waals surface area contributed by atoms with E-state index in [1.54, 1.807) is 11.8 Å². The monoisotopic (exact) mass is 146 g/mol. The molecule has 4 heteroatoms. The second-order valence-corrected chi connectivity index (χ2v) is 3.23. The number of hydrogen-bond acceptors (Lipinski definition) is 4. The first-order chi connectivity index (χ1) is 3.79. The molecule has 2 nitrogen and oxygen atoms in total. The Morgan fingerprint density at radius 3 is 3.00 bits per heavy atom. The number of hydrogen-bond donors (Lipinski definition) is 1. The second-order valence-electron chi connectivity index (χ2n) is 1.44. The van der Waals surface area contributed by atoms with Gasteiger partial charge in [0.25, 0.3) is 0 Å². The van der Waals surface area contributed by atoms with Crippen molar-refractivity contribution in [2.24, 2.45) is 10.2 Å². The lowest BCUT2D eigenvalue weighted by atomic mass is 10.6. The van der Waals surface area contributed by atoms with E-state index in [1.165, 1.54) is 0 Å². The highest BCUT2D eigenvalue weighted by Gasteiger charge is 2.01. The summed E-state index contributed by atoms with van der Waals surface area (Å²) in [4.78, 5) is 0. The topological polar surface area (TPSA) is 24.7 Å². The van der Waals surface area contributed by atoms with Crippen LogP contribution >= 0.6 is 24.4 Å². The lowest BCUT2D eigenvalue weighted by molar-refractivity contribution is 1.03. The molecule has 1 unspecified atom stereocenters. The van der Waals surface area contributed by atoms with Gasteiger partial charge in [-0.15, -0.1) is 12.6 Å². The van der Waals surface area contributed by atoms with Gasteiger partial charge in [-0.1, -0.05) is 11.8 Å². The van der Waals surface area contributed by atoms with Crippen molar-refractivity contribution in [1.29, 1.82) is 0 Å². The fraction of sp³-hybridized carbons (Fsp3) is 0.500. The smallest absolute Gasteiger partial charge is 0.163 e. The number of thiol groups is 1. The molecule has 0 aliphatic carbocycles. The van der Waals surface area contributed by atoms with Crippen molar-refractivity contribution in [2.45, 2.75) is 11.6 Å². The van der Waals surface area contributed by atoms with Gasteiger partial charge >= 0.3 is 0 Å². The van der Waals surface area contributed by atoms with Gasteiger partial charge in [0, 0.05) is 0 Å². The zero-order chi connectivity index (χ0) is 5.98. The maximum atomic E-state index is 4.06. The third-order valence-electron chi connectivity index (χ3n) is 0.675. The van der Waals surface area contributed by atoms with Crippen molar-refractivity contribution in [3.05, 3.63) is 11.1 Å². The minimum atomic E-state index is 0.0127. The predicted octanol–water partition coefficient (Wildman–Crippen LogP) is 2.26. The van der Waals surface area contributed by atoms with Gasteiger partial charge in [-0.25, -0.2) is 0 Å². The quantitative estimate of drug-likeness (QED) is 0.521. The summed E-state index contributed by atoms with van der Waals surface area (Å²) in [5, 5.41) is 9.54. The Bertz CT molecular complexity index is 141. The van der Waals surface area contributed by atoms with E-state index in [0.29, 0.717) is 0 Å². The highest BCUT2D eigenvalue weighted by molar-refractivity contribution is 8.12. The summed E-state index contributed by atoms with van der Waals surface area (Å²) >= 11 is 5.63. The third-order valence-corrected chi connectivity index (χ3v) is 1.96. The maximum absolute atomic E-state index is 4.06. The summed E-state index contributed by atoms with van der Waals surface area (Å²) in [5.74, 6) is 0. The van der Waals surface area contributed by atoms with Gasteiger partial charge in [0.15, 0.2) is 4.71 Å². The molecular weight excluding hydrogens is 140 g/mol. The third kappa shape index (κ3) is 1.52. The number of azo groups is 1. The first kappa shape index (κ1) is 6.16. The zero-order valence-electron chi connectivity index (χ0n) is 4.40. The van der Waals surface area contributed by atoms with Crippen molar-refractivity contribution in [3.8, 4) is 0 Å². The Morgan fingerprint density at radius 1 is 1.88 bits per heavy atom. The minimum Gasteiger partial charge on any atom is -0.163 e. The van der Waals surface area contributed by atoms with Crippen molar-refractivity contribution < 1.29 is 0 Å². The summed E-state index contributed by atoms with van der Waals surface area (Å²) in [6, 6.07) is 0. The van der Waals surface area contributed by atoms with Gasteiger partial charge in [-0.2, -0.15) is 10.2 Å². The van der Waals surface area contributed by atoms with Crippen LogP contribution in [-0.4, -0.2) is 4.71 Å². The summed E-state index contributed by atoms with van der Waals surface area (Å²) in [6.07, 6.45) is 0. The van der Waals surface area contributed by atoms with Crippen LogP contribution in [0.5, 0.6) is 0 Å². The van der Waals surface area contributed by atoms with E-state index in [0.717, 1.165) is 5.70 Å². The van der Waals surface area contributed by atoms with Crippen molar-refractivity contribution in [2.75, 3.05) is 0 Å². The number of thioether (sulfide) groups is 1. The highest BCUT2D eigenvalue weighted by atomic mass is 32.2. The molecule has 8 heavy (non-hydrogen) atoms. The molecule has 0 N–H and O–H groups in total. The number of allylic oxidation sites excluding steroid dienone is 1. The van der Waals surface area contributed by atoms with E-state index < -0.39 is 0 Å². The molecule has 0 saturated carbocycles. The van der Waals surface area contributed by atoms with Gasteiger partial charge in [0.1, 0.15) is 0 Å². The molecule has 1 atom stereocenters. The van der Waals surface area contributed by atoms with E-state index in [-0.39, 0.29) is 4.71 Å². The Labute approximate surface area is 57.9 Å². The molecule has 0 fully saturated rings. The van der Waals surface area contributed by atoms with Gasteiger partial charge in [-0.3, -0.25) is 0 Å². The van der Waals surface area contributed by atoms with Crippen LogP contribution in [-0.2, 0) is 0 Å². The van der Waals surface area contributed by atoms with Gasteiger partial charge in [0.2, 0.25) is 0 Å². The van der Waals surface area contributed by atoms with Crippen LogP contribution in [0.1, 0.15) is 6.92 Å². The second kappa shape index (κ2) is 2.55. The lowest BCUT2D eigenvalue weighted by Gasteiger charge is -2.03. The first-order valence-corrected chi connectivity index (χ1v) is 3.66. The van der Waals surface area contributed by atoms with Crippen LogP contribution in [0.3, 0.4) is 0 Å². The Kier molecular flexibility index (Phi) is 1.96. The molecule has 0 amide bonds. The van der Waals surface area contributed by atoms with Crippen LogP contribution in [0.15, 0.2) is 21.3 Å². The van der Waals surface area contributed by atoms with Crippen molar-refractivity contribution >= 4 is 24.4 Å². The van der Waals surface area contributed by atoms with E-state index >= 15 is 0 Å². The molecule has 1 heterocycles. The number of nitrogens with zero attached hydrogens (tertiary/aromatic N) is 2. The van der Waals surface area contributed by atoms with Gasteiger partial charge in [-0.05, 0) is 12.3 Å². The molecule has 0 bridgehead atoms. The number of rotatable bonds is 0. The van der Waals surface area contributed by atoms with E-state index in [9.17, 15) is 0 Å². The largest absolute Gasteiger partial charge is 0.163 e. The Balaban J connectivity index is 2.58. The summed E-state index contributed by atoms with van der Waals surface area (Å²) in [7, 11) is 0. The molecule has 1 aliphatic rings. The van der Waals surface area contributed by atoms with Crippen LogP contribution in [0.25, 0.3) is 0 Å². The summed E-state index contributed by atoms with van der Waals surface area (Å²) in [5.41, 5.74) is 0.959. The van der Waals surface area contributed by atoms with Crippen molar-refractivity contribution in [3.63, 3.8) is 0 Å². The molecule has 0 aromatic rings. The molecule has 0 saturated heterocycles. The molecule has 44 valence electrons. The summed E-state index contributed by atoms with van der Waals surface area (Å²) < 4.78 is 0.0127. The first-order valence-electron chi connectivity index (χ1n) is 2.20. The average Bonchev–Trinajstić information content (AvgIpc) is 1.77. The van der Waals surface area contributed by atoms with Crippen molar-refractivity contribution in [1.82, 2.24) is 0 Å². The van der Waals surface area contributed by atoms with Crippen LogP contribution in [0.2, 0.25) is 0 Å². The average molecular weight is 146 g/mol. The van der Waals surface area contributed by atoms with Gasteiger partial charge < -0.3 is 0 Å². The molecule has 0 aromatic heterocycles. The van der Waals surface area contributed by atoms with Crippen LogP contribution < -0.4 is 0 Å². The molecule has 0 radical (unpaired) electrons. The Morgan fingerprint density at radius 2 is 2.62 bits per heavy atom. The van der Waals surface area contributed by atoms with Gasteiger partial charge in [0.05, 0.1) is 5.70 Å². The summed E-state index contributed by atoms with van der Waals surface area (Å²) in [6.45, 7) is 1.91. The fourth-order valence-electron chi connectivity index (χ4n) is 0.351. The lowest BCUT2D eigenvalue weighted by Crippen LogP contribution is -1.86. The van der Waals surface area contributed by atoms with E-state index in [2.05, 4.69) is 22.9 Å². The Hall–Kier alpha value is 0.0400. The molecule has 1 rings (SSSR count). The van der Waals surface area contributed by atoms with E-state index in [4.69, 9.17) is 0 Å². The molecule has 1 aliphatic heterocycles. The molecular formula is C4H6N2S2. The van der Waals surface area contributed by atoms with Crippen LogP contribution in [0.4, 0.5) is 0 Å². The zero-order valence-corrected chi connectivity index (χ0v) is 6.12. The van der Waals surface area contributed by atoms with E-state index in [1.807, 2.05) is 12.3 Å². The SMILES string of the molecule is CC1=CSC(S)N=N1. The maximum Gasteiger partial charge on any atom is 0.163 e. The standard InChI is InChI=1S/C4H6N2S2/c1-3-2-8-4(7)6-5-3/h2,4,7H,1H3. The predicted molar refractivity (Wildman–Crippen MR) is 39.0 cm³/mol. The molecule has 0 spiro atoms. The normalized spacial score (nSPS) is 27.8. The molecule has 0 aromatic carbocycles. The minimum absolute atomic E-state index is 0.0127. The highest BCUT2D eigenvalue weighted by Crippen LogP contribution is 2.24. The van der Waals surface area contributed by atoms with Crippen LogP contribution in [0, 0.1) is 0 Å². The fourth-order valence-corrected chi connectivity index (χ4v) is 1.05.